The summed E-state index contributed by atoms with van der Waals surface area (Å²) in [7, 11) is 1.42. The van der Waals surface area contributed by atoms with Gasteiger partial charge in [-0.05, 0) is 35.9 Å². The third-order valence-corrected chi connectivity index (χ3v) is 3.47. The fourth-order valence-corrected chi connectivity index (χ4v) is 2.35. The van der Waals surface area contributed by atoms with Gasteiger partial charge in [-0.15, -0.1) is 6.42 Å². The highest BCUT2D eigenvalue weighted by Gasteiger charge is 2.15. The molecule has 0 aliphatic heterocycles. The number of rotatable bonds is 6. The molecule has 0 bridgehead atoms. The Balaban J connectivity index is 2.31. The van der Waals surface area contributed by atoms with Crippen molar-refractivity contribution in [3.63, 3.8) is 0 Å². The van der Waals surface area contributed by atoms with Crippen molar-refractivity contribution >= 4 is 23.5 Å². The normalized spacial score (nSPS) is 10.5. The standard InChI is InChI=1S/C19H13ClF2O3/c1-3-9-25-19-13(20)10-12(11-17(19)24-2)7-8-16(23)18-14(21)5-4-6-15(18)22/h1,4-8,10-11H,9H2,2H3/b8-7+. The van der Waals surface area contributed by atoms with Gasteiger partial charge in [0.25, 0.3) is 0 Å². The summed E-state index contributed by atoms with van der Waals surface area (Å²) >= 11 is 6.12. The quantitative estimate of drug-likeness (QED) is 0.430. The van der Waals surface area contributed by atoms with E-state index in [1.165, 1.54) is 25.3 Å². The molecule has 0 spiro atoms. The van der Waals surface area contributed by atoms with Gasteiger partial charge in [0.05, 0.1) is 17.7 Å². The molecule has 0 amide bonds. The lowest BCUT2D eigenvalue weighted by atomic mass is 10.1. The number of carbonyl (C=O) groups excluding carboxylic acids is 1. The van der Waals surface area contributed by atoms with Crippen LogP contribution in [0.5, 0.6) is 11.5 Å². The van der Waals surface area contributed by atoms with Crippen molar-refractivity contribution in [3.05, 3.63) is 64.2 Å². The second kappa shape index (κ2) is 8.32. The smallest absolute Gasteiger partial charge is 0.191 e. The van der Waals surface area contributed by atoms with Crippen molar-refractivity contribution in [2.24, 2.45) is 0 Å². The highest BCUT2D eigenvalue weighted by molar-refractivity contribution is 6.32. The molecule has 0 aliphatic rings. The van der Waals surface area contributed by atoms with E-state index in [0.29, 0.717) is 11.3 Å². The first-order chi connectivity index (χ1) is 12.0. The molecule has 0 heterocycles. The number of carbonyl (C=O) groups is 1. The molecular formula is C19H13ClF2O3. The molecule has 0 radical (unpaired) electrons. The van der Waals surface area contributed by atoms with E-state index in [2.05, 4.69) is 5.92 Å². The van der Waals surface area contributed by atoms with Gasteiger partial charge >= 0.3 is 0 Å². The number of allylic oxidation sites excluding steroid dienone is 1. The van der Waals surface area contributed by atoms with Crippen molar-refractivity contribution in [2.75, 3.05) is 13.7 Å². The van der Waals surface area contributed by atoms with Gasteiger partial charge in [-0.1, -0.05) is 29.7 Å². The Labute approximate surface area is 148 Å². The minimum atomic E-state index is -0.928. The summed E-state index contributed by atoms with van der Waals surface area (Å²) in [5.74, 6) is 0.231. The van der Waals surface area contributed by atoms with E-state index in [9.17, 15) is 13.6 Å². The number of benzene rings is 2. The molecule has 0 atom stereocenters. The van der Waals surface area contributed by atoms with Crippen molar-refractivity contribution in [1.29, 1.82) is 0 Å². The van der Waals surface area contributed by atoms with Crippen LogP contribution in [0.25, 0.3) is 6.08 Å². The molecule has 0 N–H and O–H groups in total. The summed E-state index contributed by atoms with van der Waals surface area (Å²) in [6.45, 7) is 0.0102. The average molecular weight is 363 g/mol. The lowest BCUT2D eigenvalue weighted by molar-refractivity contribution is 0.104. The van der Waals surface area contributed by atoms with Crippen LogP contribution in [0.4, 0.5) is 8.78 Å². The molecule has 0 saturated heterocycles. The van der Waals surface area contributed by atoms with Gasteiger partial charge < -0.3 is 9.47 Å². The van der Waals surface area contributed by atoms with E-state index in [-0.39, 0.29) is 17.4 Å². The van der Waals surface area contributed by atoms with Crippen LogP contribution in [0.2, 0.25) is 5.02 Å². The minimum absolute atomic E-state index is 0.0102. The van der Waals surface area contributed by atoms with Crippen molar-refractivity contribution in [1.82, 2.24) is 0 Å². The first-order valence-corrected chi connectivity index (χ1v) is 7.46. The maximum atomic E-state index is 13.6. The molecular weight excluding hydrogens is 350 g/mol. The number of hydrogen-bond donors (Lipinski definition) is 0. The maximum absolute atomic E-state index is 13.6. The Morgan fingerprint density at radius 2 is 2.00 bits per heavy atom. The monoisotopic (exact) mass is 362 g/mol. The number of ether oxygens (including phenoxy) is 2. The van der Waals surface area contributed by atoms with Gasteiger partial charge in [-0.3, -0.25) is 4.79 Å². The first kappa shape index (κ1) is 18.5. The van der Waals surface area contributed by atoms with Crippen LogP contribution >= 0.6 is 11.6 Å². The van der Waals surface area contributed by atoms with E-state index >= 15 is 0 Å². The molecule has 6 heteroatoms. The number of ketones is 1. The second-order valence-corrected chi connectivity index (χ2v) is 5.23. The van der Waals surface area contributed by atoms with Gasteiger partial charge in [0.1, 0.15) is 18.2 Å². The summed E-state index contributed by atoms with van der Waals surface area (Å²) < 4.78 is 37.7. The Bertz CT molecular complexity index is 849. The highest BCUT2D eigenvalue weighted by Crippen LogP contribution is 2.36. The predicted octanol–water partition coefficient (Wildman–Crippen LogP) is 4.53. The maximum Gasteiger partial charge on any atom is 0.191 e. The van der Waals surface area contributed by atoms with E-state index < -0.39 is 23.0 Å². The Hall–Kier alpha value is -2.84. The minimum Gasteiger partial charge on any atom is -0.493 e. The average Bonchev–Trinajstić information content (AvgIpc) is 2.58. The van der Waals surface area contributed by atoms with Gasteiger partial charge in [-0.2, -0.15) is 0 Å². The number of terminal acetylenes is 1. The highest BCUT2D eigenvalue weighted by atomic mass is 35.5. The largest absolute Gasteiger partial charge is 0.493 e. The van der Waals surface area contributed by atoms with Crippen LogP contribution in [-0.2, 0) is 0 Å². The van der Waals surface area contributed by atoms with Crippen LogP contribution in [0.3, 0.4) is 0 Å². The third-order valence-electron chi connectivity index (χ3n) is 3.19. The number of hydrogen-bond acceptors (Lipinski definition) is 3. The summed E-state index contributed by atoms with van der Waals surface area (Å²) in [5.41, 5.74) is -0.134. The van der Waals surface area contributed by atoms with Gasteiger partial charge in [-0.25, -0.2) is 8.78 Å². The molecule has 25 heavy (non-hydrogen) atoms. The number of methoxy groups -OCH3 is 1. The Kier molecular flexibility index (Phi) is 6.15. The lowest BCUT2D eigenvalue weighted by Gasteiger charge is -2.11. The molecule has 0 fully saturated rings. The zero-order chi connectivity index (χ0) is 18.4. The molecule has 0 unspecified atom stereocenters. The molecule has 2 aromatic rings. The Morgan fingerprint density at radius 1 is 1.32 bits per heavy atom. The topological polar surface area (TPSA) is 35.5 Å². The molecule has 3 nitrogen and oxygen atoms in total. The predicted molar refractivity (Wildman–Crippen MR) is 92.1 cm³/mol. The van der Waals surface area contributed by atoms with Crippen molar-refractivity contribution in [2.45, 2.75) is 0 Å². The summed E-state index contributed by atoms with van der Waals surface area (Å²) in [5, 5.41) is 0.221. The third kappa shape index (κ3) is 4.37. The molecule has 2 aromatic carbocycles. The molecule has 0 saturated carbocycles. The number of halogens is 3. The summed E-state index contributed by atoms with van der Waals surface area (Å²) in [4.78, 5) is 12.0. The van der Waals surface area contributed by atoms with Gasteiger partial charge in [0, 0.05) is 0 Å². The van der Waals surface area contributed by atoms with Crippen molar-refractivity contribution in [3.8, 4) is 23.8 Å². The van der Waals surface area contributed by atoms with Crippen LogP contribution in [0, 0.1) is 24.0 Å². The van der Waals surface area contributed by atoms with Crippen LogP contribution in [0.15, 0.2) is 36.4 Å². The summed E-state index contributed by atoms with van der Waals surface area (Å²) in [6, 6.07) is 6.28. The summed E-state index contributed by atoms with van der Waals surface area (Å²) in [6.07, 6.45) is 7.56. The molecule has 0 aromatic heterocycles. The fourth-order valence-electron chi connectivity index (χ4n) is 2.08. The SMILES string of the molecule is C#CCOc1c(Cl)cc(/C=C/C(=O)c2c(F)cccc2F)cc1OC. The zero-order valence-electron chi connectivity index (χ0n) is 13.2. The lowest BCUT2D eigenvalue weighted by Crippen LogP contribution is -2.02. The van der Waals surface area contributed by atoms with Crippen LogP contribution in [-0.4, -0.2) is 19.5 Å². The van der Waals surface area contributed by atoms with E-state index in [1.807, 2.05) is 0 Å². The van der Waals surface area contributed by atoms with E-state index in [4.69, 9.17) is 27.5 Å². The zero-order valence-corrected chi connectivity index (χ0v) is 13.9. The fraction of sp³-hybridized carbons (Fsp3) is 0.105. The van der Waals surface area contributed by atoms with E-state index in [0.717, 1.165) is 18.2 Å². The van der Waals surface area contributed by atoms with Crippen molar-refractivity contribution < 1.29 is 23.0 Å². The molecule has 2 rings (SSSR count). The first-order valence-electron chi connectivity index (χ1n) is 7.08. The second-order valence-electron chi connectivity index (χ2n) is 4.82. The molecule has 128 valence electrons. The van der Waals surface area contributed by atoms with Crippen LogP contribution in [0.1, 0.15) is 15.9 Å². The van der Waals surface area contributed by atoms with E-state index in [1.54, 1.807) is 6.07 Å². The van der Waals surface area contributed by atoms with Gasteiger partial charge in [0.2, 0.25) is 0 Å². The molecule has 0 aliphatic carbocycles. The Morgan fingerprint density at radius 3 is 2.60 bits per heavy atom. The van der Waals surface area contributed by atoms with Crippen LogP contribution < -0.4 is 9.47 Å². The van der Waals surface area contributed by atoms with Gasteiger partial charge in [0.15, 0.2) is 17.3 Å².